The second-order valence-corrected chi connectivity index (χ2v) is 8.43. The summed E-state index contributed by atoms with van der Waals surface area (Å²) < 4.78 is 1.84. The summed E-state index contributed by atoms with van der Waals surface area (Å²) in [6.07, 6.45) is 3.31. The number of hydrogen-bond donors (Lipinski definition) is 2. The normalized spacial score (nSPS) is 16.7. The maximum atomic E-state index is 13.0. The van der Waals surface area contributed by atoms with Crippen molar-refractivity contribution in [3.8, 4) is 0 Å². The van der Waals surface area contributed by atoms with Crippen molar-refractivity contribution in [2.75, 3.05) is 4.90 Å². The molecule has 0 unspecified atom stereocenters. The Morgan fingerprint density at radius 3 is 2.36 bits per heavy atom. The van der Waals surface area contributed by atoms with Crippen LogP contribution in [0.15, 0.2) is 67.0 Å². The summed E-state index contributed by atoms with van der Waals surface area (Å²) in [7, 11) is 1.85. The molecule has 4 amide bonds. The minimum absolute atomic E-state index is 0.168. The number of hydrogen-bond acceptors (Lipinski definition) is 4. The predicted octanol–water partition coefficient (Wildman–Crippen LogP) is 3.26. The number of benzene rings is 2. The Balaban J connectivity index is 1.48. The monoisotopic (exact) mass is 445 g/mol. The first-order valence-corrected chi connectivity index (χ1v) is 10.9. The summed E-state index contributed by atoms with van der Waals surface area (Å²) in [6, 6.07) is 14.9. The molecule has 2 atom stereocenters. The van der Waals surface area contributed by atoms with Crippen molar-refractivity contribution in [1.29, 1.82) is 0 Å². The van der Waals surface area contributed by atoms with Crippen LogP contribution in [0.3, 0.4) is 0 Å². The van der Waals surface area contributed by atoms with E-state index in [1.807, 2.05) is 54.1 Å². The highest BCUT2D eigenvalue weighted by Crippen LogP contribution is 2.25. The molecule has 8 nitrogen and oxygen atoms in total. The molecule has 0 spiro atoms. The van der Waals surface area contributed by atoms with Crippen LogP contribution in [0.25, 0.3) is 0 Å². The van der Waals surface area contributed by atoms with Crippen LogP contribution < -0.4 is 15.5 Å². The molecule has 170 valence electrons. The molecule has 0 bridgehead atoms. The van der Waals surface area contributed by atoms with E-state index < -0.39 is 24.0 Å². The number of aryl methyl sites for hydroxylation is 1. The average molecular weight is 446 g/mol. The largest absolute Gasteiger partial charge is 0.342 e. The van der Waals surface area contributed by atoms with E-state index in [1.54, 1.807) is 24.5 Å². The number of aromatic nitrogens is 2. The number of carbonyl (C=O) groups excluding carboxylic acids is 3. The number of nitrogens with one attached hydrogen (secondary N) is 2. The fourth-order valence-corrected chi connectivity index (χ4v) is 3.93. The van der Waals surface area contributed by atoms with Gasteiger partial charge in [0, 0.05) is 19.4 Å². The van der Waals surface area contributed by atoms with Crippen LogP contribution in [0, 0.1) is 0 Å². The Morgan fingerprint density at radius 1 is 1.06 bits per heavy atom. The highest BCUT2D eigenvalue weighted by atomic mass is 16.2. The summed E-state index contributed by atoms with van der Waals surface area (Å²) in [5, 5.41) is 5.60. The van der Waals surface area contributed by atoms with Crippen molar-refractivity contribution in [2.45, 2.75) is 38.3 Å². The second-order valence-electron chi connectivity index (χ2n) is 8.43. The fourth-order valence-electron chi connectivity index (χ4n) is 3.93. The van der Waals surface area contributed by atoms with Crippen LogP contribution in [-0.2, 0) is 16.6 Å². The topological polar surface area (TPSA) is 96.3 Å². The number of anilines is 1. The molecule has 2 heterocycles. The number of rotatable bonds is 7. The lowest BCUT2D eigenvalue weighted by Crippen LogP contribution is -2.38. The van der Waals surface area contributed by atoms with E-state index >= 15 is 0 Å². The van der Waals surface area contributed by atoms with Gasteiger partial charge in [-0.25, -0.2) is 14.7 Å². The number of carbonyl (C=O) groups is 3. The van der Waals surface area contributed by atoms with Crippen molar-refractivity contribution < 1.29 is 14.4 Å². The SMILES string of the molecule is CC(C)c1ccc(N2C(=O)N[C@H](CC(=O)N[C@H](c3ccccc3)c3nccn3C)C2=O)cc1. The summed E-state index contributed by atoms with van der Waals surface area (Å²) in [5.41, 5.74) is 2.47. The first kappa shape index (κ1) is 22.3. The van der Waals surface area contributed by atoms with Crippen LogP contribution in [0.1, 0.15) is 49.2 Å². The number of imide groups is 1. The summed E-state index contributed by atoms with van der Waals surface area (Å²) in [5.74, 6) is 0.210. The Bertz CT molecular complexity index is 1150. The van der Waals surface area contributed by atoms with E-state index in [0.717, 1.165) is 16.0 Å². The first-order chi connectivity index (χ1) is 15.8. The standard InChI is InChI=1S/C25H27N5O3/c1-16(2)17-9-11-19(12-10-17)30-24(32)20(27-25(30)33)15-21(31)28-22(18-7-5-4-6-8-18)23-26-13-14-29(23)3/h4-14,16,20,22H,15H2,1-3H3,(H,27,33)(H,28,31)/t20-,22-/m1/s1. The van der Waals surface area contributed by atoms with Crippen molar-refractivity contribution >= 4 is 23.5 Å². The maximum Gasteiger partial charge on any atom is 0.329 e. The molecule has 8 heteroatoms. The number of amides is 4. The lowest BCUT2D eigenvalue weighted by atomic mass is 10.0. The molecule has 1 fully saturated rings. The molecule has 2 aromatic carbocycles. The first-order valence-electron chi connectivity index (χ1n) is 10.9. The quantitative estimate of drug-likeness (QED) is 0.546. The lowest BCUT2D eigenvalue weighted by molar-refractivity contribution is -0.126. The Morgan fingerprint density at radius 2 is 1.76 bits per heavy atom. The molecule has 1 aromatic heterocycles. The van der Waals surface area contributed by atoms with Gasteiger partial charge in [-0.1, -0.05) is 56.3 Å². The molecule has 0 saturated carbocycles. The van der Waals surface area contributed by atoms with Crippen LogP contribution in [0.2, 0.25) is 0 Å². The van der Waals surface area contributed by atoms with Gasteiger partial charge in [0.25, 0.3) is 5.91 Å². The van der Waals surface area contributed by atoms with Gasteiger partial charge in [0.1, 0.15) is 17.9 Å². The average Bonchev–Trinajstić information content (AvgIpc) is 3.34. The lowest BCUT2D eigenvalue weighted by Gasteiger charge is -2.20. The molecule has 1 aliphatic heterocycles. The second kappa shape index (κ2) is 9.28. The molecule has 4 rings (SSSR count). The fraction of sp³-hybridized carbons (Fsp3) is 0.280. The summed E-state index contributed by atoms with van der Waals surface area (Å²) in [6.45, 7) is 4.15. The van der Waals surface area contributed by atoms with E-state index in [4.69, 9.17) is 0 Å². The highest BCUT2D eigenvalue weighted by Gasteiger charge is 2.40. The van der Waals surface area contributed by atoms with Gasteiger partial charge in [-0.05, 0) is 29.2 Å². The van der Waals surface area contributed by atoms with Crippen molar-refractivity contribution in [3.05, 3.63) is 83.9 Å². The van der Waals surface area contributed by atoms with Crippen molar-refractivity contribution in [1.82, 2.24) is 20.2 Å². The van der Waals surface area contributed by atoms with E-state index in [9.17, 15) is 14.4 Å². The van der Waals surface area contributed by atoms with Gasteiger partial charge >= 0.3 is 6.03 Å². The molecule has 0 aliphatic carbocycles. The van der Waals surface area contributed by atoms with Gasteiger partial charge in [0.2, 0.25) is 5.91 Å². The molecule has 1 saturated heterocycles. The molecule has 1 aliphatic rings. The van der Waals surface area contributed by atoms with E-state index in [2.05, 4.69) is 29.5 Å². The molecule has 0 radical (unpaired) electrons. The Hall–Kier alpha value is -3.94. The van der Waals surface area contributed by atoms with Crippen LogP contribution in [-0.4, -0.2) is 33.4 Å². The van der Waals surface area contributed by atoms with Gasteiger partial charge in [0.05, 0.1) is 12.1 Å². The number of nitrogens with zero attached hydrogens (tertiary/aromatic N) is 3. The molecular weight excluding hydrogens is 418 g/mol. The van der Waals surface area contributed by atoms with E-state index in [-0.39, 0.29) is 12.3 Å². The third kappa shape index (κ3) is 4.64. The van der Waals surface area contributed by atoms with Crippen LogP contribution in [0.4, 0.5) is 10.5 Å². The zero-order valence-electron chi connectivity index (χ0n) is 18.9. The zero-order chi connectivity index (χ0) is 23.5. The predicted molar refractivity (Wildman–Crippen MR) is 125 cm³/mol. The summed E-state index contributed by atoms with van der Waals surface area (Å²) in [4.78, 5) is 43.9. The van der Waals surface area contributed by atoms with E-state index in [0.29, 0.717) is 17.4 Å². The third-order valence-corrected chi connectivity index (χ3v) is 5.78. The van der Waals surface area contributed by atoms with Crippen molar-refractivity contribution in [3.63, 3.8) is 0 Å². The van der Waals surface area contributed by atoms with Gasteiger partial charge in [-0.3, -0.25) is 9.59 Å². The summed E-state index contributed by atoms with van der Waals surface area (Å²) >= 11 is 0. The minimum Gasteiger partial charge on any atom is -0.342 e. The number of urea groups is 1. The maximum absolute atomic E-state index is 13.0. The number of imidazole rings is 1. The third-order valence-electron chi connectivity index (χ3n) is 5.78. The molecule has 33 heavy (non-hydrogen) atoms. The highest BCUT2D eigenvalue weighted by molar-refractivity contribution is 6.22. The smallest absolute Gasteiger partial charge is 0.329 e. The Labute approximate surface area is 192 Å². The van der Waals surface area contributed by atoms with Gasteiger partial charge in [-0.2, -0.15) is 0 Å². The molecule has 3 aromatic rings. The molecular formula is C25H27N5O3. The zero-order valence-corrected chi connectivity index (χ0v) is 18.9. The van der Waals surface area contributed by atoms with E-state index in [1.165, 1.54) is 0 Å². The minimum atomic E-state index is -0.930. The van der Waals surface area contributed by atoms with Gasteiger partial charge < -0.3 is 15.2 Å². The van der Waals surface area contributed by atoms with Crippen LogP contribution >= 0.6 is 0 Å². The van der Waals surface area contributed by atoms with Crippen molar-refractivity contribution in [2.24, 2.45) is 7.05 Å². The van der Waals surface area contributed by atoms with Gasteiger partial charge in [0.15, 0.2) is 0 Å². The van der Waals surface area contributed by atoms with Crippen LogP contribution in [0.5, 0.6) is 0 Å². The Kier molecular flexibility index (Phi) is 6.26. The molecule has 2 N–H and O–H groups in total. The van der Waals surface area contributed by atoms with Gasteiger partial charge in [-0.15, -0.1) is 0 Å².